The van der Waals surface area contributed by atoms with Gasteiger partial charge < -0.3 is 11.1 Å². The van der Waals surface area contributed by atoms with Gasteiger partial charge in [0.05, 0.1) is 4.90 Å². The second-order valence-electron chi connectivity index (χ2n) is 6.86. The average Bonchev–Trinajstić information content (AvgIpc) is 2.58. The number of amides is 1. The Balaban J connectivity index is 0.00000364. The van der Waals surface area contributed by atoms with E-state index in [2.05, 4.69) is 5.32 Å². The van der Waals surface area contributed by atoms with Crippen LogP contribution in [0.5, 0.6) is 0 Å². The lowest BCUT2D eigenvalue weighted by molar-refractivity contribution is -0.114. The summed E-state index contributed by atoms with van der Waals surface area (Å²) < 4.78 is 27.5. The summed E-state index contributed by atoms with van der Waals surface area (Å²) in [6, 6.07) is 10.3. The van der Waals surface area contributed by atoms with Crippen molar-refractivity contribution in [2.75, 3.05) is 18.9 Å². The Bertz CT molecular complexity index is 900. The van der Waals surface area contributed by atoms with E-state index in [4.69, 9.17) is 5.73 Å². The van der Waals surface area contributed by atoms with E-state index < -0.39 is 10.0 Å². The van der Waals surface area contributed by atoms with Gasteiger partial charge in [0.15, 0.2) is 0 Å². The summed E-state index contributed by atoms with van der Waals surface area (Å²) in [5, 5.41) is 4.02. The second kappa shape index (κ2) is 9.50. The minimum atomic E-state index is -3.67. The molecule has 1 amide bonds. The summed E-state index contributed by atoms with van der Waals surface area (Å²) in [5.41, 5.74) is 6.64. The molecule has 3 N–H and O–H groups in total. The molecule has 0 heterocycles. The molecule has 6 nitrogen and oxygen atoms in total. The van der Waals surface area contributed by atoms with Gasteiger partial charge in [-0.3, -0.25) is 4.79 Å². The highest BCUT2D eigenvalue weighted by Gasteiger charge is 2.24. The standard InChI is InChI=1S/C19H27N3O3S.ClH/c1-13(2)17(20)11-12-22(4)26(24,25)19-10-9-18(21-14(3)23)15-7-5-6-8-16(15)19;/h5-10,13,17H,11-12,20H2,1-4H3,(H,21,23);1H. The van der Waals surface area contributed by atoms with E-state index in [1.165, 1.54) is 11.2 Å². The maximum atomic E-state index is 13.1. The number of carbonyl (C=O) groups excluding carboxylic acids is 1. The van der Waals surface area contributed by atoms with Gasteiger partial charge in [-0.2, -0.15) is 0 Å². The fraction of sp³-hybridized carbons (Fsp3) is 0.421. The molecule has 2 aromatic carbocycles. The molecule has 0 aliphatic rings. The molecular formula is C19H28ClN3O3S. The summed E-state index contributed by atoms with van der Waals surface area (Å²) in [6.45, 7) is 5.81. The van der Waals surface area contributed by atoms with Crippen LogP contribution in [0.2, 0.25) is 0 Å². The third-order valence-corrected chi connectivity index (χ3v) is 6.43. The number of hydrogen-bond donors (Lipinski definition) is 2. The van der Waals surface area contributed by atoms with Crippen molar-refractivity contribution in [3.63, 3.8) is 0 Å². The molecule has 150 valence electrons. The molecule has 0 saturated carbocycles. The van der Waals surface area contributed by atoms with Crippen LogP contribution in [-0.4, -0.2) is 38.3 Å². The zero-order valence-electron chi connectivity index (χ0n) is 16.1. The number of nitrogens with zero attached hydrogens (tertiary/aromatic N) is 1. The van der Waals surface area contributed by atoms with Gasteiger partial charge >= 0.3 is 0 Å². The van der Waals surface area contributed by atoms with E-state index in [9.17, 15) is 13.2 Å². The van der Waals surface area contributed by atoms with E-state index in [1.807, 2.05) is 19.9 Å². The average molecular weight is 414 g/mol. The maximum Gasteiger partial charge on any atom is 0.243 e. The number of carbonyl (C=O) groups is 1. The molecule has 0 radical (unpaired) electrons. The Morgan fingerprint density at radius 1 is 1.15 bits per heavy atom. The lowest BCUT2D eigenvalue weighted by Gasteiger charge is -2.22. The predicted molar refractivity (Wildman–Crippen MR) is 113 cm³/mol. The first-order valence-electron chi connectivity index (χ1n) is 8.66. The Morgan fingerprint density at radius 3 is 2.30 bits per heavy atom. The van der Waals surface area contributed by atoms with Crippen LogP contribution in [-0.2, 0) is 14.8 Å². The molecule has 0 aliphatic carbocycles. The zero-order valence-corrected chi connectivity index (χ0v) is 17.7. The molecule has 0 saturated heterocycles. The highest BCUT2D eigenvalue weighted by atomic mass is 35.5. The Morgan fingerprint density at radius 2 is 1.74 bits per heavy atom. The van der Waals surface area contributed by atoms with Crippen LogP contribution in [0.3, 0.4) is 0 Å². The summed E-state index contributed by atoms with van der Waals surface area (Å²) in [7, 11) is -2.10. The van der Waals surface area contributed by atoms with Crippen molar-refractivity contribution >= 4 is 44.8 Å². The molecule has 1 unspecified atom stereocenters. The molecule has 0 bridgehead atoms. The smallest absolute Gasteiger partial charge is 0.243 e. The molecule has 8 heteroatoms. The topological polar surface area (TPSA) is 92.5 Å². The number of halogens is 1. The molecule has 0 spiro atoms. The Labute approximate surface area is 167 Å². The Hall–Kier alpha value is -1.67. The van der Waals surface area contributed by atoms with Crippen LogP contribution in [0.25, 0.3) is 10.8 Å². The van der Waals surface area contributed by atoms with Crippen LogP contribution >= 0.6 is 12.4 Å². The first-order valence-corrected chi connectivity index (χ1v) is 10.1. The highest BCUT2D eigenvalue weighted by molar-refractivity contribution is 7.89. The van der Waals surface area contributed by atoms with Gasteiger partial charge in [0.1, 0.15) is 0 Å². The first kappa shape index (κ1) is 23.4. The maximum absolute atomic E-state index is 13.1. The molecule has 27 heavy (non-hydrogen) atoms. The minimum Gasteiger partial charge on any atom is -0.327 e. The lowest BCUT2D eigenvalue weighted by atomic mass is 10.0. The third kappa shape index (κ3) is 5.42. The number of nitrogens with two attached hydrogens (primary N) is 1. The minimum absolute atomic E-state index is 0. The van der Waals surface area contributed by atoms with Gasteiger partial charge in [-0.1, -0.05) is 38.1 Å². The summed E-state index contributed by atoms with van der Waals surface area (Å²) in [4.78, 5) is 11.6. The van der Waals surface area contributed by atoms with Crippen molar-refractivity contribution in [3.05, 3.63) is 36.4 Å². The first-order chi connectivity index (χ1) is 12.1. The van der Waals surface area contributed by atoms with Crippen LogP contribution in [0, 0.1) is 5.92 Å². The van der Waals surface area contributed by atoms with Gasteiger partial charge in [0, 0.05) is 43.0 Å². The fourth-order valence-electron chi connectivity index (χ4n) is 2.75. The van der Waals surface area contributed by atoms with E-state index in [-0.39, 0.29) is 29.3 Å². The fourth-order valence-corrected chi connectivity index (χ4v) is 4.12. The van der Waals surface area contributed by atoms with Gasteiger partial charge in [0.2, 0.25) is 15.9 Å². The van der Waals surface area contributed by atoms with Crippen LogP contribution in [0.4, 0.5) is 5.69 Å². The van der Waals surface area contributed by atoms with E-state index in [1.54, 1.807) is 37.4 Å². The number of anilines is 1. The largest absolute Gasteiger partial charge is 0.327 e. The predicted octanol–water partition coefficient (Wildman–Crippen LogP) is 3.21. The number of nitrogens with one attached hydrogen (secondary N) is 1. The van der Waals surface area contributed by atoms with Gasteiger partial charge in [-0.15, -0.1) is 12.4 Å². The number of rotatable bonds is 7. The van der Waals surface area contributed by atoms with Crippen LogP contribution < -0.4 is 11.1 Å². The van der Waals surface area contributed by atoms with Crippen molar-refractivity contribution in [1.82, 2.24) is 4.31 Å². The Kier molecular flexibility index (Phi) is 8.23. The molecule has 2 aromatic rings. The monoisotopic (exact) mass is 413 g/mol. The zero-order chi connectivity index (χ0) is 19.5. The molecule has 0 fully saturated rings. The summed E-state index contributed by atoms with van der Waals surface area (Å²) in [5.74, 6) is 0.0921. The molecular weight excluding hydrogens is 386 g/mol. The molecule has 1 atom stereocenters. The van der Waals surface area contributed by atoms with Gasteiger partial charge in [-0.25, -0.2) is 12.7 Å². The van der Waals surface area contributed by atoms with E-state index >= 15 is 0 Å². The van der Waals surface area contributed by atoms with Crippen molar-refractivity contribution in [3.8, 4) is 0 Å². The van der Waals surface area contributed by atoms with Crippen molar-refractivity contribution in [2.24, 2.45) is 11.7 Å². The van der Waals surface area contributed by atoms with E-state index in [0.717, 1.165) is 0 Å². The second-order valence-corrected chi connectivity index (χ2v) is 8.87. The molecule has 2 rings (SSSR count). The summed E-state index contributed by atoms with van der Waals surface area (Å²) >= 11 is 0. The summed E-state index contributed by atoms with van der Waals surface area (Å²) in [6.07, 6.45) is 0.593. The third-order valence-electron chi connectivity index (χ3n) is 4.52. The van der Waals surface area contributed by atoms with Crippen LogP contribution in [0.1, 0.15) is 27.2 Å². The SMILES string of the molecule is CC(=O)Nc1ccc(S(=O)(=O)N(C)CCC(N)C(C)C)c2ccccc12.Cl. The van der Waals surface area contributed by atoms with E-state index in [0.29, 0.717) is 35.3 Å². The molecule has 0 aliphatic heterocycles. The van der Waals surface area contributed by atoms with Gasteiger partial charge in [-0.05, 0) is 24.5 Å². The van der Waals surface area contributed by atoms with Crippen molar-refractivity contribution in [2.45, 2.75) is 38.1 Å². The van der Waals surface area contributed by atoms with Crippen molar-refractivity contribution < 1.29 is 13.2 Å². The number of sulfonamides is 1. The quantitative estimate of drug-likeness (QED) is 0.728. The number of fused-ring (bicyclic) bond motifs is 1. The number of benzene rings is 2. The number of hydrogen-bond acceptors (Lipinski definition) is 4. The van der Waals surface area contributed by atoms with Crippen molar-refractivity contribution in [1.29, 1.82) is 0 Å². The normalized spacial score (nSPS) is 12.9. The molecule has 0 aromatic heterocycles. The highest BCUT2D eigenvalue weighted by Crippen LogP contribution is 2.31. The van der Waals surface area contributed by atoms with Crippen LogP contribution in [0.15, 0.2) is 41.3 Å². The van der Waals surface area contributed by atoms with Gasteiger partial charge in [0.25, 0.3) is 0 Å². The lowest BCUT2D eigenvalue weighted by Crippen LogP contribution is -2.34.